The van der Waals surface area contributed by atoms with E-state index in [9.17, 15) is 4.79 Å². The van der Waals surface area contributed by atoms with Gasteiger partial charge in [-0.1, -0.05) is 0 Å². The van der Waals surface area contributed by atoms with Crippen LogP contribution in [0.5, 0.6) is 0 Å². The lowest BCUT2D eigenvalue weighted by Gasteiger charge is -1.92. The van der Waals surface area contributed by atoms with Gasteiger partial charge in [0.1, 0.15) is 3.70 Å². The maximum atomic E-state index is 10.9. The number of carbonyl (C=O) groups excluding carboxylic acids is 1. The van der Waals surface area contributed by atoms with Crippen molar-refractivity contribution in [3.05, 3.63) is 13.0 Å². The molecule has 0 unspecified atom stereocenters. The van der Waals surface area contributed by atoms with Crippen molar-refractivity contribution in [3.8, 4) is 0 Å². The topological polar surface area (TPSA) is 55.0 Å². The lowest BCUT2D eigenvalue weighted by molar-refractivity contribution is 0.0593. The second-order valence-electron chi connectivity index (χ2n) is 1.69. The fourth-order valence-electron chi connectivity index (χ4n) is 0.539. The highest BCUT2D eigenvalue weighted by Gasteiger charge is 2.15. The number of esters is 1. The Balaban J connectivity index is 3.04. The minimum atomic E-state index is -0.409. The molecule has 60 valence electrons. The molecule has 0 amide bonds. The van der Waals surface area contributed by atoms with Crippen molar-refractivity contribution in [2.75, 3.05) is 7.11 Å². The third-order valence-electron chi connectivity index (χ3n) is 1.05. The molecule has 0 aromatic carbocycles. The summed E-state index contributed by atoms with van der Waals surface area (Å²) in [6.07, 6.45) is 0. The maximum Gasteiger partial charge on any atom is 0.359 e. The van der Waals surface area contributed by atoms with Gasteiger partial charge in [-0.05, 0) is 45.2 Å². The number of rotatable bonds is 1. The number of aromatic nitrogens is 2. The van der Waals surface area contributed by atoms with Gasteiger partial charge >= 0.3 is 5.97 Å². The molecule has 0 fully saturated rings. The molecule has 4 nitrogen and oxygen atoms in total. The van der Waals surface area contributed by atoms with Crippen molar-refractivity contribution in [2.24, 2.45) is 0 Å². The van der Waals surface area contributed by atoms with Crippen LogP contribution in [0.2, 0.25) is 0 Å². The van der Waals surface area contributed by atoms with Crippen molar-refractivity contribution < 1.29 is 9.53 Å². The smallest absolute Gasteiger partial charge is 0.359 e. The lowest BCUT2D eigenvalue weighted by atomic mass is 10.4. The second-order valence-corrected chi connectivity index (χ2v) is 3.85. The van der Waals surface area contributed by atoms with E-state index >= 15 is 0 Å². The Labute approximate surface area is 90.4 Å². The van der Waals surface area contributed by atoms with E-state index in [1.165, 1.54) is 7.11 Å². The van der Waals surface area contributed by atoms with Crippen LogP contribution in [0.1, 0.15) is 10.5 Å². The van der Waals surface area contributed by atoms with Gasteiger partial charge in [-0.15, -0.1) is 0 Å². The standard InChI is InChI=1S/C5H4I2N2O2/c1-11-5(10)3-2(6)4(7)9-8-3/h1H3,(H,8,9). The van der Waals surface area contributed by atoms with E-state index in [4.69, 9.17) is 0 Å². The van der Waals surface area contributed by atoms with Gasteiger partial charge < -0.3 is 4.74 Å². The second kappa shape index (κ2) is 3.70. The summed E-state index contributed by atoms with van der Waals surface area (Å²) >= 11 is 4.10. The molecule has 0 saturated heterocycles. The summed E-state index contributed by atoms with van der Waals surface area (Å²) in [4.78, 5) is 10.9. The molecule has 0 atom stereocenters. The Morgan fingerprint density at radius 1 is 1.64 bits per heavy atom. The number of halogens is 2. The van der Waals surface area contributed by atoms with Crippen molar-refractivity contribution in [3.63, 3.8) is 0 Å². The van der Waals surface area contributed by atoms with Gasteiger partial charge in [0.2, 0.25) is 0 Å². The van der Waals surface area contributed by atoms with Gasteiger partial charge in [0.05, 0.1) is 10.7 Å². The average Bonchev–Trinajstić information content (AvgIpc) is 2.32. The molecule has 0 aliphatic rings. The molecule has 6 heteroatoms. The predicted molar refractivity (Wildman–Crippen MR) is 55.4 cm³/mol. The van der Waals surface area contributed by atoms with Crippen LogP contribution in [0.4, 0.5) is 0 Å². The number of H-pyrrole nitrogens is 1. The van der Waals surface area contributed by atoms with Crippen molar-refractivity contribution in [1.82, 2.24) is 10.2 Å². The minimum absolute atomic E-state index is 0.345. The van der Waals surface area contributed by atoms with Crippen LogP contribution in [0.15, 0.2) is 0 Å². The Morgan fingerprint density at radius 2 is 2.27 bits per heavy atom. The number of hydrogen-bond donors (Lipinski definition) is 1. The van der Waals surface area contributed by atoms with Crippen LogP contribution in [0.3, 0.4) is 0 Å². The molecule has 1 rings (SSSR count). The SMILES string of the molecule is COC(=O)c1n[nH]c(I)c1I. The summed E-state index contributed by atoms with van der Waals surface area (Å²) in [5, 5.41) is 6.45. The zero-order valence-electron chi connectivity index (χ0n) is 5.52. The van der Waals surface area contributed by atoms with Crippen LogP contribution < -0.4 is 0 Å². The first-order chi connectivity index (χ1) is 5.16. The predicted octanol–water partition coefficient (Wildman–Crippen LogP) is 1.41. The zero-order chi connectivity index (χ0) is 8.43. The highest BCUT2D eigenvalue weighted by molar-refractivity contribution is 14.1. The summed E-state index contributed by atoms with van der Waals surface area (Å²) in [6, 6.07) is 0. The zero-order valence-corrected chi connectivity index (χ0v) is 9.83. The van der Waals surface area contributed by atoms with Gasteiger partial charge in [-0.25, -0.2) is 4.79 Å². The average molecular weight is 378 g/mol. The molecular weight excluding hydrogens is 374 g/mol. The van der Waals surface area contributed by atoms with E-state index < -0.39 is 5.97 Å². The first kappa shape index (κ1) is 9.23. The van der Waals surface area contributed by atoms with Crippen LogP contribution in [-0.2, 0) is 4.74 Å². The number of hydrogen-bond acceptors (Lipinski definition) is 3. The Bertz CT molecular complexity index is 284. The molecule has 0 aliphatic heterocycles. The maximum absolute atomic E-state index is 10.9. The molecule has 11 heavy (non-hydrogen) atoms. The molecule has 0 radical (unpaired) electrons. The Kier molecular flexibility index (Phi) is 3.10. The summed E-state index contributed by atoms with van der Waals surface area (Å²) in [6.45, 7) is 0. The lowest BCUT2D eigenvalue weighted by Crippen LogP contribution is -2.03. The molecule has 1 aromatic heterocycles. The minimum Gasteiger partial charge on any atom is -0.464 e. The van der Waals surface area contributed by atoms with Crippen LogP contribution >= 0.6 is 45.2 Å². The van der Waals surface area contributed by atoms with Gasteiger partial charge in [-0.2, -0.15) is 5.10 Å². The normalized spacial score (nSPS) is 9.73. The summed E-state index contributed by atoms with van der Waals surface area (Å²) in [5.41, 5.74) is 0.345. The summed E-state index contributed by atoms with van der Waals surface area (Å²) < 4.78 is 6.15. The number of ether oxygens (including phenoxy) is 1. The van der Waals surface area contributed by atoms with Gasteiger partial charge in [0.15, 0.2) is 5.69 Å². The molecule has 1 N–H and O–H groups in total. The molecular formula is C5H4I2N2O2. The number of carbonyl (C=O) groups is 1. The number of nitrogens with zero attached hydrogens (tertiary/aromatic N) is 1. The molecule has 0 spiro atoms. The molecule has 1 aromatic rings. The van der Waals surface area contributed by atoms with E-state index in [0.717, 1.165) is 7.27 Å². The van der Waals surface area contributed by atoms with Crippen molar-refractivity contribution in [2.45, 2.75) is 0 Å². The van der Waals surface area contributed by atoms with Crippen molar-refractivity contribution in [1.29, 1.82) is 0 Å². The monoisotopic (exact) mass is 378 g/mol. The first-order valence-electron chi connectivity index (χ1n) is 2.64. The highest BCUT2D eigenvalue weighted by Crippen LogP contribution is 2.16. The third-order valence-corrected chi connectivity index (χ3v) is 3.91. The molecule has 0 aliphatic carbocycles. The fourth-order valence-corrected chi connectivity index (χ4v) is 1.38. The Morgan fingerprint density at radius 3 is 2.64 bits per heavy atom. The quantitative estimate of drug-likeness (QED) is 0.594. The fraction of sp³-hybridized carbons (Fsp3) is 0.200. The van der Waals surface area contributed by atoms with Gasteiger partial charge in [0.25, 0.3) is 0 Å². The number of methoxy groups -OCH3 is 1. The van der Waals surface area contributed by atoms with Gasteiger partial charge in [0, 0.05) is 0 Å². The molecule has 0 saturated carbocycles. The summed E-state index contributed by atoms with van der Waals surface area (Å²) in [5.74, 6) is -0.409. The van der Waals surface area contributed by atoms with E-state index in [1.54, 1.807) is 0 Å². The molecule has 0 bridgehead atoms. The molecule has 1 heterocycles. The van der Waals surface area contributed by atoms with E-state index in [2.05, 4.69) is 37.5 Å². The van der Waals surface area contributed by atoms with E-state index in [1.807, 2.05) is 22.6 Å². The van der Waals surface area contributed by atoms with Crippen LogP contribution in [0, 0.1) is 7.27 Å². The van der Waals surface area contributed by atoms with Gasteiger partial charge in [-0.3, -0.25) is 5.10 Å². The van der Waals surface area contributed by atoms with Crippen LogP contribution in [0.25, 0.3) is 0 Å². The Hall–Kier alpha value is 0.140. The number of nitrogens with one attached hydrogen (secondary N) is 1. The third kappa shape index (κ3) is 1.83. The first-order valence-corrected chi connectivity index (χ1v) is 4.80. The van der Waals surface area contributed by atoms with Crippen LogP contribution in [-0.4, -0.2) is 23.3 Å². The number of aromatic amines is 1. The highest BCUT2D eigenvalue weighted by atomic mass is 127. The van der Waals surface area contributed by atoms with E-state index in [-0.39, 0.29) is 0 Å². The summed E-state index contributed by atoms with van der Waals surface area (Å²) in [7, 11) is 1.33. The van der Waals surface area contributed by atoms with E-state index in [0.29, 0.717) is 5.69 Å². The van der Waals surface area contributed by atoms with Crippen molar-refractivity contribution >= 4 is 51.2 Å². The largest absolute Gasteiger partial charge is 0.464 e.